The molecule has 3 unspecified atom stereocenters. The lowest BCUT2D eigenvalue weighted by atomic mass is 9.89. The van der Waals surface area contributed by atoms with Crippen molar-refractivity contribution in [1.29, 1.82) is 0 Å². The highest BCUT2D eigenvalue weighted by Crippen LogP contribution is 2.24. The van der Waals surface area contributed by atoms with Crippen LogP contribution in [0.5, 0.6) is 0 Å². The van der Waals surface area contributed by atoms with Gasteiger partial charge in [0.05, 0.1) is 18.8 Å². The first kappa shape index (κ1) is 18.9. The van der Waals surface area contributed by atoms with E-state index in [-0.39, 0.29) is 18.1 Å². The van der Waals surface area contributed by atoms with Crippen LogP contribution >= 0.6 is 0 Å². The van der Waals surface area contributed by atoms with Gasteiger partial charge in [0.15, 0.2) is 0 Å². The summed E-state index contributed by atoms with van der Waals surface area (Å²) in [5, 5.41) is 13.7. The molecule has 0 spiro atoms. The van der Waals surface area contributed by atoms with Crippen molar-refractivity contribution in [3.05, 3.63) is 24.3 Å². The first-order chi connectivity index (χ1) is 10.6. The van der Waals surface area contributed by atoms with Crippen molar-refractivity contribution in [2.24, 2.45) is 0 Å². The fourth-order valence-electron chi connectivity index (χ4n) is 2.58. The Kier molecular flexibility index (Phi) is 8.38. The van der Waals surface area contributed by atoms with Gasteiger partial charge in [-0.15, -0.1) is 6.58 Å². The molecule has 5 heteroatoms. The van der Waals surface area contributed by atoms with E-state index in [0.29, 0.717) is 25.1 Å². The number of hydrogen-bond donors (Lipinski definition) is 2. The zero-order valence-electron chi connectivity index (χ0n) is 13.9. The molecule has 0 aromatic carbocycles. The maximum Gasteiger partial charge on any atom is 0.333 e. The van der Waals surface area contributed by atoms with E-state index in [4.69, 9.17) is 9.47 Å². The molecule has 0 aromatic rings. The average molecular weight is 311 g/mol. The zero-order chi connectivity index (χ0) is 16.5. The van der Waals surface area contributed by atoms with Gasteiger partial charge < -0.3 is 19.9 Å². The Morgan fingerprint density at radius 2 is 2.18 bits per heavy atom. The molecule has 0 heterocycles. The van der Waals surface area contributed by atoms with Crippen molar-refractivity contribution >= 4 is 5.97 Å². The van der Waals surface area contributed by atoms with E-state index in [1.807, 2.05) is 13.8 Å². The molecule has 0 aromatic heterocycles. The monoisotopic (exact) mass is 311 g/mol. The Bertz CT molecular complexity index is 390. The predicted molar refractivity (Wildman–Crippen MR) is 86.6 cm³/mol. The maximum atomic E-state index is 12.0. The van der Waals surface area contributed by atoms with Gasteiger partial charge in [-0.05, 0) is 32.3 Å². The number of nitrogens with one attached hydrogen (secondary N) is 1. The van der Waals surface area contributed by atoms with Crippen LogP contribution in [0.25, 0.3) is 0 Å². The number of carbonyl (C=O) groups excluding carboxylic acids is 1. The molecule has 0 saturated carbocycles. The summed E-state index contributed by atoms with van der Waals surface area (Å²) in [4.78, 5) is 12.0. The van der Waals surface area contributed by atoms with Crippen molar-refractivity contribution in [3.8, 4) is 0 Å². The second-order valence-electron chi connectivity index (χ2n) is 5.45. The molecule has 1 aliphatic rings. The molecule has 1 aliphatic carbocycles. The van der Waals surface area contributed by atoms with Crippen molar-refractivity contribution in [2.75, 3.05) is 13.2 Å². The van der Waals surface area contributed by atoms with Gasteiger partial charge >= 0.3 is 5.97 Å². The Morgan fingerprint density at radius 1 is 1.50 bits per heavy atom. The summed E-state index contributed by atoms with van der Waals surface area (Å²) in [5.41, 5.74) is 0.560. The summed E-state index contributed by atoms with van der Waals surface area (Å²) >= 11 is 0. The van der Waals surface area contributed by atoms with Gasteiger partial charge in [-0.3, -0.25) is 0 Å². The van der Waals surface area contributed by atoms with Crippen molar-refractivity contribution in [3.63, 3.8) is 0 Å². The summed E-state index contributed by atoms with van der Waals surface area (Å²) in [6.45, 7) is 10.4. The van der Waals surface area contributed by atoms with Gasteiger partial charge in [-0.1, -0.05) is 19.9 Å². The minimum atomic E-state index is -0.696. The number of aliphatic hydroxyl groups excluding tert-OH is 1. The van der Waals surface area contributed by atoms with E-state index in [1.165, 1.54) is 0 Å². The van der Waals surface area contributed by atoms with E-state index < -0.39 is 12.2 Å². The third kappa shape index (κ3) is 5.23. The molecule has 3 atom stereocenters. The quantitative estimate of drug-likeness (QED) is 0.503. The normalized spacial score (nSPS) is 25.0. The lowest BCUT2D eigenvalue weighted by molar-refractivity contribution is -0.139. The third-order valence-corrected chi connectivity index (χ3v) is 3.88. The largest absolute Gasteiger partial charge is 0.463 e. The molecule has 0 bridgehead atoms. The summed E-state index contributed by atoms with van der Waals surface area (Å²) < 4.78 is 11.1. The Hall–Kier alpha value is -1.17. The number of esters is 1. The van der Waals surface area contributed by atoms with Gasteiger partial charge in [0.2, 0.25) is 0 Å². The van der Waals surface area contributed by atoms with E-state index in [9.17, 15) is 9.90 Å². The molecule has 126 valence electrons. The summed E-state index contributed by atoms with van der Waals surface area (Å²) in [6.07, 6.45) is 4.48. The van der Waals surface area contributed by atoms with E-state index in [2.05, 4.69) is 11.9 Å². The highest BCUT2D eigenvalue weighted by molar-refractivity contribution is 5.89. The third-order valence-electron chi connectivity index (χ3n) is 3.88. The smallest absolute Gasteiger partial charge is 0.333 e. The lowest BCUT2D eigenvalue weighted by Crippen LogP contribution is -2.50. The molecule has 22 heavy (non-hydrogen) atoms. The number of rotatable bonds is 9. The maximum absolute atomic E-state index is 12.0. The SMILES string of the molecule is C=CCNC1CC(C(=O)OCC)=CC(OC(CC)CC)C1O. The van der Waals surface area contributed by atoms with Gasteiger partial charge in [0.25, 0.3) is 0 Å². The summed E-state index contributed by atoms with van der Waals surface area (Å²) in [7, 11) is 0. The van der Waals surface area contributed by atoms with Gasteiger partial charge in [0, 0.05) is 18.2 Å². The Labute approximate surface area is 133 Å². The molecular weight excluding hydrogens is 282 g/mol. The molecule has 0 radical (unpaired) electrons. The lowest BCUT2D eigenvalue weighted by Gasteiger charge is -2.35. The topological polar surface area (TPSA) is 67.8 Å². The van der Waals surface area contributed by atoms with E-state index in [0.717, 1.165) is 12.8 Å². The van der Waals surface area contributed by atoms with Crippen molar-refractivity contribution in [1.82, 2.24) is 5.32 Å². The van der Waals surface area contributed by atoms with Gasteiger partial charge in [-0.2, -0.15) is 0 Å². The fraction of sp³-hybridized carbons (Fsp3) is 0.706. The number of carbonyl (C=O) groups is 1. The van der Waals surface area contributed by atoms with Crippen LogP contribution in [0, 0.1) is 0 Å². The average Bonchev–Trinajstić information content (AvgIpc) is 2.52. The van der Waals surface area contributed by atoms with Crippen LogP contribution in [-0.2, 0) is 14.3 Å². The van der Waals surface area contributed by atoms with Gasteiger partial charge in [0.1, 0.15) is 6.10 Å². The molecule has 5 nitrogen and oxygen atoms in total. The van der Waals surface area contributed by atoms with Crippen LogP contribution in [0.4, 0.5) is 0 Å². The summed E-state index contributed by atoms with van der Waals surface area (Å²) in [6, 6.07) is -0.248. The highest BCUT2D eigenvalue weighted by atomic mass is 16.5. The van der Waals surface area contributed by atoms with Crippen LogP contribution in [-0.4, -0.2) is 48.6 Å². The molecule has 0 amide bonds. The number of aliphatic hydroxyl groups is 1. The fourth-order valence-corrected chi connectivity index (χ4v) is 2.58. The van der Waals surface area contributed by atoms with Crippen molar-refractivity contribution < 1.29 is 19.4 Å². The number of hydrogen-bond acceptors (Lipinski definition) is 5. The molecule has 0 fully saturated rings. The molecule has 0 saturated heterocycles. The highest BCUT2D eigenvalue weighted by Gasteiger charge is 2.35. The molecule has 2 N–H and O–H groups in total. The molecule has 0 aliphatic heterocycles. The minimum absolute atomic E-state index is 0.0671. The van der Waals surface area contributed by atoms with Crippen LogP contribution in [0.3, 0.4) is 0 Å². The van der Waals surface area contributed by atoms with Crippen LogP contribution in [0.15, 0.2) is 24.3 Å². The van der Waals surface area contributed by atoms with Crippen molar-refractivity contribution in [2.45, 2.75) is 64.4 Å². The van der Waals surface area contributed by atoms with Crippen LogP contribution < -0.4 is 5.32 Å². The zero-order valence-corrected chi connectivity index (χ0v) is 13.9. The van der Waals surface area contributed by atoms with E-state index >= 15 is 0 Å². The second kappa shape index (κ2) is 9.77. The first-order valence-corrected chi connectivity index (χ1v) is 8.12. The van der Waals surface area contributed by atoms with Gasteiger partial charge in [-0.25, -0.2) is 4.79 Å². The Morgan fingerprint density at radius 3 is 2.73 bits per heavy atom. The predicted octanol–water partition coefficient (Wildman–Crippen LogP) is 1.96. The Balaban J connectivity index is 2.90. The minimum Gasteiger partial charge on any atom is -0.463 e. The van der Waals surface area contributed by atoms with E-state index in [1.54, 1.807) is 19.1 Å². The molecular formula is C17H29NO4. The standard InChI is InChI=1S/C17H29NO4/c1-5-9-18-14-10-12(17(20)21-8-4)11-15(16(14)19)22-13(6-2)7-3/h5,11,13-16,18-19H,1,6-10H2,2-4H3. The number of ether oxygens (including phenoxy) is 2. The molecule has 1 rings (SSSR count). The first-order valence-electron chi connectivity index (χ1n) is 8.12. The van der Waals surface area contributed by atoms with Crippen LogP contribution in [0.1, 0.15) is 40.0 Å². The van der Waals surface area contributed by atoms with Crippen LogP contribution in [0.2, 0.25) is 0 Å². The second-order valence-corrected chi connectivity index (χ2v) is 5.45. The summed E-state index contributed by atoms with van der Waals surface area (Å²) in [5.74, 6) is -0.335.